The van der Waals surface area contributed by atoms with E-state index >= 15 is 0 Å². The van der Waals surface area contributed by atoms with Crippen molar-refractivity contribution in [2.24, 2.45) is 0 Å². The van der Waals surface area contributed by atoms with E-state index in [1.807, 2.05) is 0 Å². The molecule has 0 saturated heterocycles. The molecule has 2 heterocycles. The molecule has 0 aliphatic rings. The first-order valence-corrected chi connectivity index (χ1v) is 9.72. The van der Waals surface area contributed by atoms with Crippen molar-refractivity contribution in [2.45, 2.75) is 20.0 Å². The Morgan fingerprint density at radius 2 is 2.07 bits per heavy atom. The molecule has 1 aromatic carbocycles. The fraction of sp³-hybridized carbons (Fsp3) is 0.211. The summed E-state index contributed by atoms with van der Waals surface area (Å²) in [7, 11) is 1.57. The quantitative estimate of drug-likeness (QED) is 0.621. The molecule has 0 bridgehead atoms. The maximum Gasteiger partial charge on any atom is 0.415 e. The third kappa shape index (κ3) is 5.95. The van der Waals surface area contributed by atoms with Gasteiger partial charge in [-0.2, -0.15) is 10.2 Å². The second-order valence-corrected chi connectivity index (χ2v) is 7.20. The van der Waals surface area contributed by atoms with E-state index in [0.717, 1.165) is 0 Å². The van der Waals surface area contributed by atoms with Crippen LogP contribution in [0.15, 0.2) is 42.0 Å². The van der Waals surface area contributed by atoms with E-state index in [-0.39, 0.29) is 18.9 Å². The summed E-state index contributed by atoms with van der Waals surface area (Å²) < 4.78 is 18.5. The summed E-state index contributed by atoms with van der Waals surface area (Å²) in [4.78, 5) is 29.9. The number of anilines is 1. The highest BCUT2D eigenvalue weighted by molar-refractivity contribution is 7.13. The van der Waals surface area contributed by atoms with Crippen LogP contribution in [0.5, 0.6) is 5.75 Å². The molecule has 0 saturated carbocycles. The Hall–Kier alpha value is -3.60. The van der Waals surface area contributed by atoms with Crippen molar-refractivity contribution < 1.29 is 18.7 Å². The average Bonchev–Trinajstić information content (AvgIpc) is 3.14. The molecule has 0 unspecified atom stereocenters. The number of carbonyl (C=O) groups excluding carboxylic acids is 2. The molecule has 156 valence electrons. The maximum absolute atomic E-state index is 13.2. The lowest BCUT2D eigenvalue weighted by molar-refractivity contribution is 0.160. The Kier molecular flexibility index (Phi) is 6.86. The normalized spacial score (nSPS) is 10.4. The van der Waals surface area contributed by atoms with Crippen LogP contribution in [0.4, 0.5) is 19.1 Å². The van der Waals surface area contributed by atoms with Gasteiger partial charge in [-0.15, -0.1) is 11.3 Å². The monoisotopic (exact) mass is 430 g/mol. The summed E-state index contributed by atoms with van der Waals surface area (Å²) in [6.07, 6.45) is 2.30. The summed E-state index contributed by atoms with van der Waals surface area (Å²) in [5, 5.41) is 14.7. The lowest BCUT2D eigenvalue weighted by atomic mass is 10.2. The van der Waals surface area contributed by atoms with E-state index in [4.69, 9.17) is 4.74 Å². The van der Waals surface area contributed by atoms with Crippen LogP contribution in [-0.2, 0) is 13.1 Å². The van der Waals surface area contributed by atoms with E-state index in [1.165, 1.54) is 40.8 Å². The number of halogens is 1. The molecule has 2 N–H and O–H groups in total. The van der Waals surface area contributed by atoms with Gasteiger partial charge in [0.1, 0.15) is 5.82 Å². The zero-order chi connectivity index (χ0) is 21.5. The Balaban J connectivity index is 1.48. The number of thiazole rings is 1. The fourth-order valence-corrected chi connectivity index (χ4v) is 3.06. The number of carbonyl (C=O) groups is 2. The second kappa shape index (κ2) is 9.74. The lowest BCUT2D eigenvalue weighted by Gasteiger charge is -2.16. The van der Waals surface area contributed by atoms with Crippen LogP contribution < -0.4 is 15.4 Å². The second-order valence-electron chi connectivity index (χ2n) is 6.34. The Bertz CT molecular complexity index is 1040. The summed E-state index contributed by atoms with van der Waals surface area (Å²) in [5.41, 5.74) is 1.92. The van der Waals surface area contributed by atoms with Gasteiger partial charge in [0.25, 0.3) is 0 Å². The van der Waals surface area contributed by atoms with E-state index in [1.54, 1.807) is 31.5 Å². The van der Waals surface area contributed by atoms with Crippen molar-refractivity contribution in [3.63, 3.8) is 0 Å². The fourth-order valence-electron chi connectivity index (χ4n) is 2.37. The number of urea groups is 1. The van der Waals surface area contributed by atoms with Crippen molar-refractivity contribution in [3.8, 4) is 5.75 Å². The van der Waals surface area contributed by atoms with Crippen LogP contribution >= 0.6 is 11.3 Å². The molecule has 2 aromatic heterocycles. The van der Waals surface area contributed by atoms with Crippen LogP contribution in [0.25, 0.3) is 0 Å². The molecule has 0 spiro atoms. The molecule has 9 nitrogen and oxygen atoms in total. The van der Waals surface area contributed by atoms with Gasteiger partial charge in [0.2, 0.25) is 0 Å². The summed E-state index contributed by atoms with van der Waals surface area (Å²) in [6.45, 7) is 2.13. The summed E-state index contributed by atoms with van der Waals surface area (Å²) >= 11 is 1.22. The number of aromatic nitrogens is 3. The van der Waals surface area contributed by atoms with Gasteiger partial charge in [-0.05, 0) is 24.6 Å². The van der Waals surface area contributed by atoms with Crippen molar-refractivity contribution in [2.75, 3.05) is 12.4 Å². The predicted octanol–water partition coefficient (Wildman–Crippen LogP) is 3.33. The SMILES string of the molecule is Cc1cnncc1OC(=O)N(C)Cc1csc(NC(=O)NCc2cccc(F)c2)n1. The number of nitrogens with zero attached hydrogens (tertiary/aromatic N) is 4. The molecule has 0 aliphatic carbocycles. The van der Waals surface area contributed by atoms with Crippen LogP contribution in [0, 0.1) is 12.7 Å². The molecule has 0 atom stereocenters. The van der Waals surface area contributed by atoms with E-state index in [9.17, 15) is 14.0 Å². The molecule has 11 heteroatoms. The smallest absolute Gasteiger partial charge is 0.408 e. The van der Waals surface area contributed by atoms with Crippen molar-refractivity contribution in [1.82, 2.24) is 25.4 Å². The van der Waals surface area contributed by atoms with Crippen LogP contribution in [-0.4, -0.2) is 39.3 Å². The van der Waals surface area contributed by atoms with Crippen LogP contribution in [0.2, 0.25) is 0 Å². The zero-order valence-corrected chi connectivity index (χ0v) is 17.1. The van der Waals surface area contributed by atoms with Crippen LogP contribution in [0.3, 0.4) is 0 Å². The van der Waals surface area contributed by atoms with Gasteiger partial charge >= 0.3 is 12.1 Å². The first kappa shape index (κ1) is 21.1. The molecule has 0 aliphatic heterocycles. The number of aryl methyl sites for hydroxylation is 1. The largest absolute Gasteiger partial charge is 0.415 e. The first-order valence-electron chi connectivity index (χ1n) is 8.84. The third-order valence-corrected chi connectivity index (χ3v) is 4.71. The highest BCUT2D eigenvalue weighted by atomic mass is 32.1. The molecule has 0 fully saturated rings. The highest BCUT2D eigenvalue weighted by Gasteiger charge is 2.15. The molecule has 3 rings (SSSR count). The molecule has 30 heavy (non-hydrogen) atoms. The Morgan fingerprint density at radius 1 is 1.27 bits per heavy atom. The predicted molar refractivity (Wildman–Crippen MR) is 109 cm³/mol. The summed E-state index contributed by atoms with van der Waals surface area (Å²) in [6, 6.07) is 5.51. The molecule has 3 amide bonds. The van der Waals surface area contributed by atoms with E-state index in [2.05, 4.69) is 25.8 Å². The van der Waals surface area contributed by atoms with Gasteiger partial charge < -0.3 is 15.0 Å². The standard InChI is InChI=1S/C19H19FN6O3S/c1-12-7-22-23-9-16(12)29-19(28)26(2)10-15-11-30-18(24-15)25-17(27)21-8-13-4-3-5-14(20)6-13/h3-7,9,11H,8,10H2,1-2H3,(H2,21,24,25,27). The topological polar surface area (TPSA) is 109 Å². The highest BCUT2D eigenvalue weighted by Crippen LogP contribution is 2.18. The number of hydrogen-bond donors (Lipinski definition) is 2. The zero-order valence-electron chi connectivity index (χ0n) is 16.3. The molecular formula is C19H19FN6O3S. The first-order chi connectivity index (χ1) is 14.4. The number of benzene rings is 1. The lowest BCUT2D eigenvalue weighted by Crippen LogP contribution is -2.30. The number of nitrogens with one attached hydrogen (secondary N) is 2. The minimum atomic E-state index is -0.568. The van der Waals surface area contributed by atoms with Gasteiger partial charge in [0.15, 0.2) is 10.9 Å². The van der Waals surface area contributed by atoms with Gasteiger partial charge in [0, 0.05) is 24.5 Å². The molecular weight excluding hydrogens is 411 g/mol. The van der Waals surface area contributed by atoms with Crippen molar-refractivity contribution >= 4 is 28.6 Å². The van der Waals surface area contributed by atoms with Crippen molar-refractivity contribution in [1.29, 1.82) is 0 Å². The molecule has 0 radical (unpaired) electrons. The number of amides is 3. The molecule has 3 aromatic rings. The van der Waals surface area contributed by atoms with Crippen LogP contribution in [0.1, 0.15) is 16.8 Å². The van der Waals surface area contributed by atoms with Gasteiger partial charge in [-0.1, -0.05) is 12.1 Å². The number of rotatable bonds is 6. The number of hydrogen-bond acceptors (Lipinski definition) is 7. The average molecular weight is 430 g/mol. The van der Waals surface area contributed by atoms with E-state index < -0.39 is 12.1 Å². The maximum atomic E-state index is 13.2. The van der Waals surface area contributed by atoms with Gasteiger partial charge in [-0.25, -0.2) is 19.0 Å². The summed E-state index contributed by atoms with van der Waals surface area (Å²) in [5.74, 6) is -0.0327. The Morgan fingerprint density at radius 3 is 2.83 bits per heavy atom. The third-order valence-electron chi connectivity index (χ3n) is 3.90. The minimum Gasteiger partial charge on any atom is -0.408 e. The van der Waals surface area contributed by atoms with Crippen molar-refractivity contribution in [3.05, 3.63) is 64.7 Å². The Labute approximate surface area is 175 Å². The minimum absolute atomic E-state index is 0.180. The van der Waals surface area contributed by atoms with E-state index in [0.29, 0.717) is 27.7 Å². The van der Waals surface area contributed by atoms with Gasteiger partial charge in [-0.3, -0.25) is 5.32 Å². The number of ether oxygens (including phenoxy) is 1. The van der Waals surface area contributed by atoms with Gasteiger partial charge in [0.05, 0.1) is 24.6 Å².